The van der Waals surface area contributed by atoms with Crippen molar-refractivity contribution in [1.82, 2.24) is 15.1 Å². The molecule has 4 nitrogen and oxygen atoms in total. The summed E-state index contributed by atoms with van der Waals surface area (Å²) in [6.07, 6.45) is 0.884. The van der Waals surface area contributed by atoms with Crippen molar-refractivity contribution in [2.45, 2.75) is 40.2 Å². The van der Waals surface area contributed by atoms with Gasteiger partial charge in [-0.25, -0.2) is 4.68 Å². The zero-order chi connectivity index (χ0) is 18.7. The lowest BCUT2D eigenvalue weighted by Gasteiger charge is -2.14. The zero-order valence-corrected chi connectivity index (χ0v) is 15.8. The molecule has 0 aliphatic carbocycles. The zero-order valence-electron chi connectivity index (χ0n) is 15.8. The van der Waals surface area contributed by atoms with E-state index in [-0.39, 0.29) is 11.9 Å². The molecular formula is C22H25N3O. The number of nitrogens with one attached hydrogen (secondary N) is 1. The summed E-state index contributed by atoms with van der Waals surface area (Å²) >= 11 is 0. The molecule has 1 heterocycles. The maximum atomic E-state index is 12.9. The van der Waals surface area contributed by atoms with Gasteiger partial charge in [0, 0.05) is 11.6 Å². The summed E-state index contributed by atoms with van der Waals surface area (Å²) in [6.45, 7) is 8.15. The van der Waals surface area contributed by atoms with Crippen molar-refractivity contribution in [2.75, 3.05) is 0 Å². The summed E-state index contributed by atoms with van der Waals surface area (Å²) in [5.41, 5.74) is 5.49. The predicted molar refractivity (Wildman–Crippen MR) is 106 cm³/mol. The quantitative estimate of drug-likeness (QED) is 0.728. The Morgan fingerprint density at radius 1 is 1.12 bits per heavy atom. The first kappa shape index (κ1) is 17.9. The Morgan fingerprint density at radius 3 is 2.54 bits per heavy atom. The molecule has 0 saturated carbocycles. The molecule has 1 amide bonds. The summed E-state index contributed by atoms with van der Waals surface area (Å²) < 4.78 is 1.77. The largest absolute Gasteiger partial charge is 0.348 e. The molecule has 2 aromatic carbocycles. The molecule has 134 valence electrons. The van der Waals surface area contributed by atoms with Crippen molar-refractivity contribution in [1.29, 1.82) is 0 Å². The smallest absolute Gasteiger partial charge is 0.270 e. The summed E-state index contributed by atoms with van der Waals surface area (Å²) in [6, 6.07) is 18.1. The van der Waals surface area contributed by atoms with Crippen LogP contribution in [0, 0.1) is 13.8 Å². The molecule has 0 aliphatic rings. The van der Waals surface area contributed by atoms with Crippen LogP contribution in [-0.4, -0.2) is 21.7 Å². The van der Waals surface area contributed by atoms with Crippen LogP contribution in [0.5, 0.6) is 0 Å². The first-order valence-electron chi connectivity index (χ1n) is 9.03. The van der Waals surface area contributed by atoms with Gasteiger partial charge in [-0.15, -0.1) is 0 Å². The normalized spacial score (nSPS) is 12.0. The molecule has 0 spiro atoms. The van der Waals surface area contributed by atoms with E-state index in [4.69, 9.17) is 5.10 Å². The highest BCUT2D eigenvalue weighted by Crippen LogP contribution is 2.24. The van der Waals surface area contributed by atoms with Crippen LogP contribution in [0.25, 0.3) is 16.9 Å². The monoisotopic (exact) mass is 347 g/mol. The number of hydrogen-bond acceptors (Lipinski definition) is 2. The average Bonchev–Trinajstić information content (AvgIpc) is 3.09. The van der Waals surface area contributed by atoms with Crippen LogP contribution in [0.1, 0.15) is 41.9 Å². The minimum atomic E-state index is -0.102. The Balaban J connectivity index is 2.13. The molecule has 0 saturated heterocycles. The number of hydrogen-bond donors (Lipinski definition) is 1. The standard InChI is InChI=1S/C22H25N3O/c1-5-17(4)23-22(26)21-14-19(18-9-7-6-8-10-18)24-25(21)20-13-15(2)11-12-16(20)3/h6-14,17H,5H2,1-4H3,(H,23,26)/t17-/m0/s1. The van der Waals surface area contributed by atoms with Crippen LogP contribution in [0.4, 0.5) is 0 Å². The molecular weight excluding hydrogens is 322 g/mol. The summed E-state index contributed by atoms with van der Waals surface area (Å²) in [7, 11) is 0. The molecule has 0 fully saturated rings. The van der Waals surface area contributed by atoms with Gasteiger partial charge in [0.2, 0.25) is 0 Å². The van der Waals surface area contributed by atoms with Gasteiger partial charge in [0.15, 0.2) is 0 Å². The molecule has 0 radical (unpaired) electrons. The van der Waals surface area contributed by atoms with Crippen molar-refractivity contribution in [3.63, 3.8) is 0 Å². The third kappa shape index (κ3) is 3.69. The number of aromatic nitrogens is 2. The lowest BCUT2D eigenvalue weighted by Crippen LogP contribution is -2.33. The van der Waals surface area contributed by atoms with E-state index in [9.17, 15) is 4.79 Å². The maximum absolute atomic E-state index is 12.9. The SMILES string of the molecule is CC[C@H](C)NC(=O)c1cc(-c2ccccc2)nn1-c1cc(C)ccc1C. The fraction of sp³-hybridized carbons (Fsp3) is 0.273. The van der Waals surface area contributed by atoms with Gasteiger partial charge >= 0.3 is 0 Å². The number of rotatable bonds is 5. The Kier molecular flexibility index (Phi) is 5.21. The van der Waals surface area contributed by atoms with E-state index in [1.807, 2.05) is 57.2 Å². The Hall–Kier alpha value is -2.88. The lowest BCUT2D eigenvalue weighted by molar-refractivity contribution is 0.0931. The highest BCUT2D eigenvalue weighted by molar-refractivity contribution is 5.94. The minimum Gasteiger partial charge on any atom is -0.348 e. The minimum absolute atomic E-state index is 0.102. The Morgan fingerprint density at radius 2 is 1.85 bits per heavy atom. The first-order chi connectivity index (χ1) is 12.5. The second-order valence-corrected chi connectivity index (χ2v) is 6.77. The Bertz CT molecular complexity index is 912. The molecule has 3 aromatic rings. The fourth-order valence-corrected chi connectivity index (χ4v) is 2.82. The number of aryl methyl sites for hydroxylation is 2. The van der Waals surface area contributed by atoms with Gasteiger partial charge in [-0.1, -0.05) is 49.4 Å². The lowest BCUT2D eigenvalue weighted by atomic mass is 10.1. The van der Waals surface area contributed by atoms with Crippen molar-refractivity contribution < 1.29 is 4.79 Å². The molecule has 1 atom stereocenters. The molecule has 0 bridgehead atoms. The number of carbonyl (C=O) groups is 1. The van der Waals surface area contributed by atoms with E-state index >= 15 is 0 Å². The highest BCUT2D eigenvalue weighted by atomic mass is 16.2. The second-order valence-electron chi connectivity index (χ2n) is 6.77. The first-order valence-corrected chi connectivity index (χ1v) is 9.03. The molecule has 0 unspecified atom stereocenters. The topological polar surface area (TPSA) is 46.9 Å². The van der Waals surface area contributed by atoms with Gasteiger partial charge in [0.25, 0.3) is 5.91 Å². The van der Waals surface area contributed by atoms with Crippen molar-refractivity contribution >= 4 is 5.91 Å². The predicted octanol–water partition coefficient (Wildman–Crippen LogP) is 4.68. The Labute approximate surface area is 154 Å². The van der Waals surface area contributed by atoms with Crippen molar-refractivity contribution in [3.05, 3.63) is 71.4 Å². The number of benzene rings is 2. The van der Waals surface area contributed by atoms with Gasteiger partial charge in [0.1, 0.15) is 5.69 Å². The van der Waals surface area contributed by atoms with Crippen molar-refractivity contribution in [2.24, 2.45) is 0 Å². The van der Waals surface area contributed by atoms with E-state index in [1.54, 1.807) is 4.68 Å². The third-order valence-electron chi connectivity index (χ3n) is 4.59. The van der Waals surface area contributed by atoms with E-state index in [0.29, 0.717) is 5.69 Å². The van der Waals surface area contributed by atoms with E-state index in [0.717, 1.165) is 34.5 Å². The van der Waals surface area contributed by atoms with E-state index in [1.165, 1.54) is 0 Å². The summed E-state index contributed by atoms with van der Waals surface area (Å²) in [4.78, 5) is 12.9. The van der Waals surface area contributed by atoms with Crippen LogP contribution in [0.3, 0.4) is 0 Å². The van der Waals surface area contributed by atoms with Gasteiger partial charge in [-0.2, -0.15) is 5.10 Å². The van der Waals surface area contributed by atoms with Gasteiger partial charge < -0.3 is 5.32 Å². The van der Waals surface area contributed by atoms with Gasteiger partial charge in [-0.3, -0.25) is 4.79 Å². The molecule has 0 aliphatic heterocycles. The summed E-state index contributed by atoms with van der Waals surface area (Å²) in [5, 5.41) is 7.82. The maximum Gasteiger partial charge on any atom is 0.270 e. The number of amides is 1. The van der Waals surface area contributed by atoms with Crippen molar-refractivity contribution in [3.8, 4) is 16.9 Å². The van der Waals surface area contributed by atoms with E-state index in [2.05, 4.69) is 30.4 Å². The molecule has 26 heavy (non-hydrogen) atoms. The van der Waals surface area contributed by atoms with Gasteiger partial charge in [-0.05, 0) is 50.5 Å². The molecule has 3 rings (SSSR count). The third-order valence-corrected chi connectivity index (χ3v) is 4.59. The van der Waals surface area contributed by atoms with Crippen LogP contribution in [0.2, 0.25) is 0 Å². The second kappa shape index (κ2) is 7.56. The average molecular weight is 347 g/mol. The molecule has 1 N–H and O–H groups in total. The molecule has 4 heteroatoms. The number of carbonyl (C=O) groups excluding carboxylic acids is 1. The van der Waals surface area contributed by atoms with E-state index < -0.39 is 0 Å². The molecule has 1 aromatic heterocycles. The fourth-order valence-electron chi connectivity index (χ4n) is 2.82. The van der Waals surface area contributed by atoms with Crippen LogP contribution in [-0.2, 0) is 0 Å². The highest BCUT2D eigenvalue weighted by Gasteiger charge is 2.19. The van der Waals surface area contributed by atoms with Crippen LogP contribution >= 0.6 is 0 Å². The van der Waals surface area contributed by atoms with Gasteiger partial charge in [0.05, 0.1) is 11.4 Å². The van der Waals surface area contributed by atoms with Crippen LogP contribution in [0.15, 0.2) is 54.6 Å². The summed E-state index contributed by atoms with van der Waals surface area (Å²) in [5.74, 6) is -0.102. The number of nitrogens with zero attached hydrogens (tertiary/aromatic N) is 2. The van der Waals surface area contributed by atoms with Crippen LogP contribution < -0.4 is 5.32 Å².